The van der Waals surface area contributed by atoms with E-state index in [1.807, 2.05) is 19.1 Å². The molecule has 1 aromatic rings. The zero-order valence-electron chi connectivity index (χ0n) is 6.63. The number of carbonyl (C=O) groups is 1. The number of aryl methyl sites for hydroxylation is 1. The predicted molar refractivity (Wildman–Crippen MR) is 42.7 cm³/mol. The molecule has 1 aliphatic heterocycles. The molecule has 0 aliphatic carbocycles. The van der Waals surface area contributed by atoms with Crippen LogP contribution in [0.5, 0.6) is 0 Å². The first-order valence-corrected chi connectivity index (χ1v) is 3.68. The Morgan fingerprint density at radius 2 is 2.42 bits per heavy atom. The molecular formula is C8H8N2O2. The largest absolute Gasteiger partial charge is 0.460 e. The van der Waals surface area contributed by atoms with Crippen LogP contribution in [-0.2, 0) is 4.79 Å². The molecule has 2 heterocycles. The molecule has 0 atom stereocenters. The smallest absolute Gasteiger partial charge is 0.246 e. The molecule has 0 saturated carbocycles. The molecule has 0 spiro atoms. The third-order valence-electron chi connectivity index (χ3n) is 1.67. The van der Waals surface area contributed by atoms with Gasteiger partial charge in [0, 0.05) is 0 Å². The highest BCUT2D eigenvalue weighted by Crippen LogP contribution is 2.11. The lowest BCUT2D eigenvalue weighted by molar-refractivity contribution is -0.119. The van der Waals surface area contributed by atoms with Gasteiger partial charge in [-0.25, -0.2) is 5.43 Å². The van der Waals surface area contributed by atoms with Crippen LogP contribution in [0.25, 0.3) is 0 Å². The molecule has 1 aromatic heterocycles. The molecule has 1 amide bonds. The van der Waals surface area contributed by atoms with Crippen LogP contribution in [0.1, 0.15) is 17.9 Å². The summed E-state index contributed by atoms with van der Waals surface area (Å²) < 4.78 is 5.29. The number of carbonyl (C=O) groups excluding carboxylic acids is 1. The van der Waals surface area contributed by atoms with E-state index in [1.165, 1.54) is 0 Å². The molecule has 0 aromatic carbocycles. The van der Waals surface area contributed by atoms with E-state index in [1.54, 1.807) is 0 Å². The van der Waals surface area contributed by atoms with E-state index in [9.17, 15) is 4.79 Å². The van der Waals surface area contributed by atoms with E-state index in [2.05, 4.69) is 10.5 Å². The van der Waals surface area contributed by atoms with Gasteiger partial charge < -0.3 is 4.42 Å². The number of rotatable bonds is 1. The molecule has 1 aliphatic rings. The maximum atomic E-state index is 10.8. The summed E-state index contributed by atoms with van der Waals surface area (Å²) in [7, 11) is 0. The maximum Gasteiger partial charge on any atom is 0.246 e. The zero-order chi connectivity index (χ0) is 8.55. The van der Waals surface area contributed by atoms with Gasteiger partial charge in [-0.2, -0.15) is 5.10 Å². The first-order valence-electron chi connectivity index (χ1n) is 3.68. The lowest BCUT2D eigenvalue weighted by Crippen LogP contribution is -2.09. The number of amides is 1. The number of furan rings is 1. The summed E-state index contributed by atoms with van der Waals surface area (Å²) in [6.45, 7) is 1.86. The Bertz CT molecular complexity index is 352. The third-order valence-corrected chi connectivity index (χ3v) is 1.67. The Morgan fingerprint density at radius 3 is 2.92 bits per heavy atom. The number of hydrogen-bond donors (Lipinski definition) is 1. The summed E-state index contributed by atoms with van der Waals surface area (Å²) in [6, 6.07) is 3.66. The minimum absolute atomic E-state index is 0.0842. The van der Waals surface area contributed by atoms with Crippen LogP contribution in [-0.4, -0.2) is 11.6 Å². The highest BCUT2D eigenvalue weighted by atomic mass is 16.3. The van der Waals surface area contributed by atoms with Gasteiger partial charge in [0.05, 0.1) is 6.42 Å². The van der Waals surface area contributed by atoms with Crippen LogP contribution in [0.15, 0.2) is 21.7 Å². The van der Waals surface area contributed by atoms with Crippen molar-refractivity contribution in [2.75, 3.05) is 0 Å². The van der Waals surface area contributed by atoms with Crippen LogP contribution in [0.4, 0.5) is 0 Å². The average Bonchev–Trinajstić information content (AvgIpc) is 2.58. The highest BCUT2D eigenvalue weighted by molar-refractivity contribution is 6.12. The van der Waals surface area contributed by atoms with Gasteiger partial charge in [0.25, 0.3) is 0 Å². The van der Waals surface area contributed by atoms with E-state index < -0.39 is 0 Å². The molecule has 0 fully saturated rings. The number of hydrazone groups is 1. The molecule has 0 radical (unpaired) electrons. The summed E-state index contributed by atoms with van der Waals surface area (Å²) in [5.74, 6) is 1.41. The fourth-order valence-electron chi connectivity index (χ4n) is 1.09. The van der Waals surface area contributed by atoms with Crippen LogP contribution in [0, 0.1) is 6.92 Å². The van der Waals surface area contributed by atoms with Gasteiger partial charge in [-0.1, -0.05) is 0 Å². The van der Waals surface area contributed by atoms with Crippen LogP contribution >= 0.6 is 0 Å². The molecule has 0 unspecified atom stereocenters. The van der Waals surface area contributed by atoms with Gasteiger partial charge in [-0.15, -0.1) is 0 Å². The number of nitrogens with zero attached hydrogens (tertiary/aromatic N) is 1. The van der Waals surface area contributed by atoms with Crippen molar-refractivity contribution in [3.8, 4) is 0 Å². The Morgan fingerprint density at radius 1 is 1.58 bits per heavy atom. The van der Waals surface area contributed by atoms with Crippen LogP contribution in [0.3, 0.4) is 0 Å². The van der Waals surface area contributed by atoms with Crippen molar-refractivity contribution in [2.24, 2.45) is 5.10 Å². The second-order valence-electron chi connectivity index (χ2n) is 2.68. The minimum Gasteiger partial charge on any atom is -0.460 e. The lowest BCUT2D eigenvalue weighted by Gasteiger charge is -1.89. The summed E-state index contributed by atoms with van der Waals surface area (Å²) in [6.07, 6.45) is 0.312. The maximum absolute atomic E-state index is 10.8. The average molecular weight is 164 g/mol. The van der Waals surface area contributed by atoms with Crippen LogP contribution in [0.2, 0.25) is 0 Å². The van der Waals surface area contributed by atoms with Gasteiger partial charge in [-0.3, -0.25) is 4.79 Å². The quantitative estimate of drug-likeness (QED) is 0.667. The minimum atomic E-state index is -0.0842. The van der Waals surface area contributed by atoms with Crippen molar-refractivity contribution in [1.29, 1.82) is 0 Å². The molecular weight excluding hydrogens is 156 g/mol. The second kappa shape index (κ2) is 2.48. The van der Waals surface area contributed by atoms with Crippen molar-refractivity contribution < 1.29 is 9.21 Å². The van der Waals surface area contributed by atoms with Crippen LogP contribution < -0.4 is 5.43 Å². The van der Waals surface area contributed by atoms with Crippen molar-refractivity contribution in [2.45, 2.75) is 13.3 Å². The monoisotopic (exact) mass is 164 g/mol. The summed E-state index contributed by atoms with van der Waals surface area (Å²) in [5.41, 5.74) is 3.04. The number of nitrogens with one attached hydrogen (secondary N) is 1. The first kappa shape index (κ1) is 7.09. The Kier molecular flexibility index (Phi) is 1.46. The fraction of sp³-hybridized carbons (Fsp3) is 0.250. The van der Waals surface area contributed by atoms with Gasteiger partial charge in [-0.05, 0) is 19.1 Å². The third kappa shape index (κ3) is 1.11. The highest BCUT2D eigenvalue weighted by Gasteiger charge is 2.18. The first-order chi connectivity index (χ1) is 5.75. The van der Waals surface area contributed by atoms with Crippen molar-refractivity contribution in [3.05, 3.63) is 23.7 Å². The van der Waals surface area contributed by atoms with E-state index in [0.29, 0.717) is 17.9 Å². The van der Waals surface area contributed by atoms with Gasteiger partial charge in [0.15, 0.2) is 5.76 Å². The standard InChI is InChI=1S/C8H8N2O2/c1-5-2-3-7(12-5)6-4-8(11)10-9-6/h2-3H,4H2,1H3,(H,10,11). The van der Waals surface area contributed by atoms with Crippen molar-refractivity contribution in [3.63, 3.8) is 0 Å². The molecule has 0 saturated heterocycles. The summed E-state index contributed by atoms with van der Waals surface area (Å²) in [5, 5.41) is 3.82. The molecule has 1 N–H and O–H groups in total. The zero-order valence-corrected chi connectivity index (χ0v) is 6.63. The van der Waals surface area contributed by atoms with E-state index >= 15 is 0 Å². The SMILES string of the molecule is Cc1ccc(C2=NNC(=O)C2)o1. The summed E-state index contributed by atoms with van der Waals surface area (Å²) in [4.78, 5) is 10.8. The molecule has 0 bridgehead atoms. The number of hydrogen-bond acceptors (Lipinski definition) is 3. The van der Waals surface area contributed by atoms with Gasteiger partial charge >= 0.3 is 0 Å². The molecule has 2 rings (SSSR count). The molecule has 12 heavy (non-hydrogen) atoms. The van der Waals surface area contributed by atoms with E-state index in [-0.39, 0.29) is 5.91 Å². The Balaban J connectivity index is 2.27. The van der Waals surface area contributed by atoms with Gasteiger partial charge in [0.2, 0.25) is 5.91 Å². The fourth-order valence-corrected chi connectivity index (χ4v) is 1.09. The Labute approximate surface area is 69.3 Å². The second-order valence-corrected chi connectivity index (χ2v) is 2.68. The van der Waals surface area contributed by atoms with Gasteiger partial charge in [0.1, 0.15) is 11.5 Å². The normalized spacial score (nSPS) is 16.1. The van der Waals surface area contributed by atoms with E-state index in [4.69, 9.17) is 4.42 Å². The topological polar surface area (TPSA) is 54.6 Å². The summed E-state index contributed by atoms with van der Waals surface area (Å²) >= 11 is 0. The molecule has 4 heteroatoms. The lowest BCUT2D eigenvalue weighted by atomic mass is 10.2. The molecule has 62 valence electrons. The van der Waals surface area contributed by atoms with E-state index in [0.717, 1.165) is 5.76 Å². The van der Waals surface area contributed by atoms with Crippen molar-refractivity contribution in [1.82, 2.24) is 5.43 Å². The predicted octanol–water partition coefficient (Wildman–Crippen LogP) is 0.812. The molecule has 4 nitrogen and oxygen atoms in total. The van der Waals surface area contributed by atoms with Crippen molar-refractivity contribution >= 4 is 11.6 Å². The Hall–Kier alpha value is -1.58.